The fourth-order valence-electron chi connectivity index (χ4n) is 2.36. The van der Waals surface area contributed by atoms with Crippen LogP contribution in [0.2, 0.25) is 0 Å². The Hall–Kier alpha value is -2.65. The molecule has 0 aliphatic carbocycles. The van der Waals surface area contributed by atoms with Crippen LogP contribution < -0.4 is 5.32 Å². The van der Waals surface area contributed by atoms with E-state index in [1.54, 1.807) is 17.5 Å². The monoisotopic (exact) mass is 408 g/mol. The first-order valence-corrected chi connectivity index (χ1v) is 10.5. The van der Waals surface area contributed by atoms with Gasteiger partial charge in [0.1, 0.15) is 11.6 Å². The molecule has 27 heavy (non-hydrogen) atoms. The quantitative estimate of drug-likeness (QED) is 0.699. The number of amides is 1. The Balaban J connectivity index is 1.67. The second-order valence-electron chi connectivity index (χ2n) is 5.80. The number of nitrogens with zero attached hydrogens (tertiary/aromatic N) is 1. The number of hydrogen-bond acceptors (Lipinski definition) is 5. The Labute approximate surface area is 158 Å². The highest BCUT2D eigenvalue weighted by Gasteiger charge is 2.13. The fourth-order valence-corrected chi connectivity index (χ4v) is 3.71. The number of halogens is 2. The first kappa shape index (κ1) is 19.1. The maximum atomic E-state index is 13.8. The Morgan fingerprint density at radius 2 is 1.85 bits per heavy atom. The van der Waals surface area contributed by atoms with Gasteiger partial charge in [0.15, 0.2) is 15.0 Å². The van der Waals surface area contributed by atoms with Crippen LogP contribution in [0.5, 0.6) is 0 Å². The molecule has 0 saturated carbocycles. The Morgan fingerprint density at radius 1 is 1.15 bits per heavy atom. The standard InChI is InChI=1S/C18H14F2N2O3S2/c1-27(24,25)13-5-2-11(3-6-13)8-17(23)22-18-21-16(10-26-18)14-7-4-12(19)9-15(14)20/h2-7,9-10H,8H2,1H3,(H,21,22,23). The Kier molecular flexibility index (Phi) is 5.33. The van der Waals surface area contributed by atoms with Gasteiger partial charge in [-0.1, -0.05) is 12.1 Å². The van der Waals surface area contributed by atoms with E-state index >= 15 is 0 Å². The van der Waals surface area contributed by atoms with Gasteiger partial charge in [-0.15, -0.1) is 11.3 Å². The summed E-state index contributed by atoms with van der Waals surface area (Å²) in [6.45, 7) is 0. The van der Waals surface area contributed by atoms with Crippen molar-refractivity contribution in [1.29, 1.82) is 0 Å². The number of sulfone groups is 1. The van der Waals surface area contributed by atoms with Crippen LogP contribution in [0.15, 0.2) is 52.7 Å². The molecule has 140 valence electrons. The van der Waals surface area contributed by atoms with Crippen LogP contribution in [0.4, 0.5) is 13.9 Å². The van der Waals surface area contributed by atoms with Crippen molar-refractivity contribution in [2.75, 3.05) is 11.6 Å². The number of anilines is 1. The van der Waals surface area contributed by atoms with Gasteiger partial charge in [-0.3, -0.25) is 4.79 Å². The van der Waals surface area contributed by atoms with Crippen LogP contribution in [-0.2, 0) is 21.1 Å². The van der Waals surface area contributed by atoms with Crippen LogP contribution in [0, 0.1) is 11.6 Å². The predicted molar refractivity (Wildman–Crippen MR) is 99.4 cm³/mol. The van der Waals surface area contributed by atoms with Gasteiger partial charge in [-0.2, -0.15) is 0 Å². The molecule has 1 heterocycles. The largest absolute Gasteiger partial charge is 0.302 e. The number of thiazole rings is 1. The molecule has 0 radical (unpaired) electrons. The summed E-state index contributed by atoms with van der Waals surface area (Å²) in [7, 11) is -3.29. The molecule has 0 saturated heterocycles. The second kappa shape index (κ2) is 7.53. The highest BCUT2D eigenvalue weighted by Crippen LogP contribution is 2.27. The van der Waals surface area contributed by atoms with Crippen molar-refractivity contribution >= 4 is 32.2 Å². The second-order valence-corrected chi connectivity index (χ2v) is 8.68. The molecule has 0 aliphatic rings. The van der Waals surface area contributed by atoms with E-state index in [0.717, 1.165) is 29.7 Å². The minimum atomic E-state index is -3.29. The molecule has 0 fully saturated rings. The van der Waals surface area contributed by atoms with Gasteiger partial charge in [0.2, 0.25) is 5.91 Å². The number of nitrogens with one attached hydrogen (secondary N) is 1. The molecule has 3 aromatic rings. The smallest absolute Gasteiger partial charge is 0.230 e. The molecule has 0 aliphatic heterocycles. The van der Waals surface area contributed by atoms with E-state index in [0.29, 0.717) is 11.3 Å². The average molecular weight is 408 g/mol. The molecule has 3 rings (SSSR count). The molecule has 0 bridgehead atoms. The van der Waals surface area contributed by atoms with Gasteiger partial charge in [-0.25, -0.2) is 22.2 Å². The molecule has 2 aromatic carbocycles. The van der Waals surface area contributed by atoms with Crippen LogP contribution in [-0.4, -0.2) is 25.6 Å². The summed E-state index contributed by atoms with van der Waals surface area (Å²) in [6, 6.07) is 9.21. The van der Waals surface area contributed by atoms with E-state index < -0.39 is 21.5 Å². The van der Waals surface area contributed by atoms with Gasteiger partial charge in [0, 0.05) is 23.3 Å². The third kappa shape index (κ3) is 4.75. The molecule has 0 unspecified atom stereocenters. The minimum absolute atomic E-state index is 0.0316. The third-order valence-electron chi connectivity index (χ3n) is 3.67. The van der Waals surface area contributed by atoms with Crippen molar-refractivity contribution < 1.29 is 22.0 Å². The number of rotatable bonds is 5. The van der Waals surface area contributed by atoms with Gasteiger partial charge in [-0.05, 0) is 29.8 Å². The summed E-state index contributed by atoms with van der Waals surface area (Å²) in [4.78, 5) is 16.5. The summed E-state index contributed by atoms with van der Waals surface area (Å²) in [6.07, 6.45) is 1.14. The highest BCUT2D eigenvalue weighted by atomic mass is 32.2. The number of carbonyl (C=O) groups is 1. The lowest BCUT2D eigenvalue weighted by Crippen LogP contribution is -2.14. The Morgan fingerprint density at radius 3 is 2.48 bits per heavy atom. The zero-order valence-corrected chi connectivity index (χ0v) is 15.7. The van der Waals surface area contributed by atoms with Gasteiger partial charge in [0.25, 0.3) is 0 Å². The SMILES string of the molecule is CS(=O)(=O)c1ccc(CC(=O)Nc2nc(-c3ccc(F)cc3F)cs2)cc1. The normalized spacial score (nSPS) is 11.4. The summed E-state index contributed by atoms with van der Waals surface area (Å²) in [5.41, 5.74) is 1.08. The van der Waals surface area contributed by atoms with E-state index in [1.807, 2.05) is 0 Å². The minimum Gasteiger partial charge on any atom is -0.302 e. The topological polar surface area (TPSA) is 76.1 Å². The van der Waals surface area contributed by atoms with Crippen LogP contribution in [0.1, 0.15) is 5.56 Å². The van der Waals surface area contributed by atoms with Crippen molar-refractivity contribution in [2.45, 2.75) is 11.3 Å². The molecular weight excluding hydrogens is 394 g/mol. The zero-order chi connectivity index (χ0) is 19.6. The summed E-state index contributed by atoms with van der Waals surface area (Å²) in [5, 5.41) is 4.46. The Bertz CT molecular complexity index is 1090. The van der Waals surface area contributed by atoms with Gasteiger partial charge >= 0.3 is 0 Å². The van der Waals surface area contributed by atoms with Crippen LogP contribution >= 0.6 is 11.3 Å². The fraction of sp³-hybridized carbons (Fsp3) is 0.111. The van der Waals surface area contributed by atoms with E-state index in [2.05, 4.69) is 10.3 Å². The van der Waals surface area contributed by atoms with Crippen LogP contribution in [0.3, 0.4) is 0 Å². The molecule has 1 aromatic heterocycles. The van der Waals surface area contributed by atoms with Crippen LogP contribution in [0.25, 0.3) is 11.3 Å². The van der Waals surface area contributed by atoms with Crippen molar-refractivity contribution in [3.8, 4) is 11.3 Å². The van der Waals surface area contributed by atoms with E-state index in [9.17, 15) is 22.0 Å². The zero-order valence-electron chi connectivity index (χ0n) is 14.1. The van der Waals surface area contributed by atoms with E-state index in [-0.39, 0.29) is 27.9 Å². The molecule has 9 heteroatoms. The lowest BCUT2D eigenvalue weighted by molar-refractivity contribution is -0.115. The summed E-state index contributed by atoms with van der Waals surface area (Å²) in [5.74, 6) is -1.76. The van der Waals surface area contributed by atoms with Gasteiger partial charge in [0.05, 0.1) is 17.0 Å². The maximum Gasteiger partial charge on any atom is 0.230 e. The number of aromatic nitrogens is 1. The third-order valence-corrected chi connectivity index (χ3v) is 5.56. The maximum absolute atomic E-state index is 13.8. The molecule has 1 amide bonds. The lowest BCUT2D eigenvalue weighted by atomic mass is 10.1. The molecule has 0 atom stereocenters. The highest BCUT2D eigenvalue weighted by molar-refractivity contribution is 7.90. The number of benzene rings is 2. The molecular formula is C18H14F2N2O3S2. The number of carbonyl (C=O) groups excluding carboxylic acids is 1. The van der Waals surface area contributed by atoms with Crippen molar-refractivity contribution in [1.82, 2.24) is 4.98 Å². The van der Waals surface area contributed by atoms with Crippen molar-refractivity contribution in [2.24, 2.45) is 0 Å². The van der Waals surface area contributed by atoms with Crippen molar-refractivity contribution in [3.05, 3.63) is 65.0 Å². The first-order chi connectivity index (χ1) is 12.7. The summed E-state index contributed by atoms with van der Waals surface area (Å²) >= 11 is 1.12. The number of hydrogen-bond donors (Lipinski definition) is 1. The van der Waals surface area contributed by atoms with Crippen molar-refractivity contribution in [3.63, 3.8) is 0 Å². The van der Waals surface area contributed by atoms with E-state index in [1.165, 1.54) is 18.2 Å². The van der Waals surface area contributed by atoms with E-state index in [4.69, 9.17) is 0 Å². The van der Waals surface area contributed by atoms with Gasteiger partial charge < -0.3 is 5.32 Å². The first-order valence-electron chi connectivity index (χ1n) is 7.72. The molecule has 1 N–H and O–H groups in total. The summed E-state index contributed by atoms with van der Waals surface area (Å²) < 4.78 is 49.7. The molecule has 0 spiro atoms. The predicted octanol–water partition coefficient (Wildman–Crippen LogP) is 3.67. The lowest BCUT2D eigenvalue weighted by Gasteiger charge is -2.04. The average Bonchev–Trinajstić information content (AvgIpc) is 3.02. The molecule has 5 nitrogen and oxygen atoms in total.